The van der Waals surface area contributed by atoms with Gasteiger partial charge in [0.2, 0.25) is 0 Å². The SMILES string of the molecule is O=[N+]([O-])c1ccc([Se](=O)(=O)CCCl)cc1. The Bertz CT molecular complexity index is 454. The molecule has 0 aliphatic heterocycles. The molecule has 0 N–H and O–H groups in total. The van der Waals surface area contributed by atoms with Crippen LogP contribution in [-0.2, 0) is 7.67 Å². The summed E-state index contributed by atoms with van der Waals surface area (Å²) in [5.74, 6) is 0.0317. The molecule has 0 fully saturated rings. The Hall–Kier alpha value is -0.971. The van der Waals surface area contributed by atoms with Gasteiger partial charge in [0, 0.05) is 0 Å². The van der Waals surface area contributed by atoms with Gasteiger partial charge < -0.3 is 0 Å². The monoisotopic (exact) mass is 297 g/mol. The van der Waals surface area contributed by atoms with Crippen molar-refractivity contribution in [2.75, 3.05) is 5.88 Å². The van der Waals surface area contributed by atoms with Crippen LogP contribution in [0.25, 0.3) is 0 Å². The second kappa shape index (κ2) is 4.70. The molecule has 15 heavy (non-hydrogen) atoms. The van der Waals surface area contributed by atoms with Gasteiger partial charge in [0.25, 0.3) is 0 Å². The van der Waals surface area contributed by atoms with E-state index in [9.17, 15) is 17.8 Å². The molecular weight excluding hydrogens is 289 g/mol. The molecule has 0 aliphatic rings. The molecule has 82 valence electrons. The first-order chi connectivity index (χ1) is 6.97. The molecule has 0 saturated carbocycles. The molecule has 0 heterocycles. The molecule has 0 bridgehead atoms. The van der Waals surface area contributed by atoms with Crippen LogP contribution in [0.4, 0.5) is 5.69 Å². The van der Waals surface area contributed by atoms with Gasteiger partial charge in [0.05, 0.1) is 0 Å². The molecule has 0 saturated heterocycles. The van der Waals surface area contributed by atoms with E-state index < -0.39 is 17.6 Å². The zero-order valence-electron chi connectivity index (χ0n) is 7.59. The van der Waals surface area contributed by atoms with Crippen molar-refractivity contribution in [1.29, 1.82) is 0 Å². The number of nitro groups is 1. The number of hydrogen-bond donors (Lipinski definition) is 0. The van der Waals surface area contributed by atoms with Gasteiger partial charge in [-0.3, -0.25) is 0 Å². The van der Waals surface area contributed by atoms with Gasteiger partial charge in [-0.25, -0.2) is 0 Å². The summed E-state index contributed by atoms with van der Waals surface area (Å²) in [4.78, 5) is 9.75. The fourth-order valence-corrected chi connectivity index (χ4v) is 4.13. The zero-order valence-corrected chi connectivity index (χ0v) is 10.1. The molecule has 5 nitrogen and oxygen atoms in total. The standard InChI is InChI=1S/C8H8ClNO4Se/c9-5-6-15(13,14)8-3-1-7(2-4-8)10(11)12/h1-4H,5-6H2. The molecule has 0 aromatic heterocycles. The quantitative estimate of drug-likeness (QED) is 0.364. The van der Waals surface area contributed by atoms with Gasteiger partial charge >= 0.3 is 92.6 Å². The number of nitrogens with zero attached hydrogens (tertiary/aromatic N) is 1. The Morgan fingerprint density at radius 2 is 1.80 bits per heavy atom. The predicted molar refractivity (Wildman–Crippen MR) is 55.4 cm³/mol. The molecule has 1 aromatic rings. The maximum atomic E-state index is 11.5. The van der Waals surface area contributed by atoms with Crippen LogP contribution in [0.5, 0.6) is 0 Å². The summed E-state index contributed by atoms with van der Waals surface area (Å²) < 4.78 is 23.2. The first-order valence-electron chi connectivity index (χ1n) is 4.00. The van der Waals surface area contributed by atoms with Crippen molar-refractivity contribution in [2.24, 2.45) is 0 Å². The van der Waals surface area contributed by atoms with Crippen molar-refractivity contribution < 1.29 is 12.6 Å². The zero-order chi connectivity index (χ0) is 11.5. The normalized spacial score (nSPS) is 11.3. The van der Waals surface area contributed by atoms with Crippen LogP contribution in [0.3, 0.4) is 0 Å². The van der Waals surface area contributed by atoms with Crippen molar-refractivity contribution in [2.45, 2.75) is 5.32 Å². The second-order valence-electron chi connectivity index (χ2n) is 2.76. The van der Waals surface area contributed by atoms with E-state index in [1.165, 1.54) is 24.3 Å². The van der Waals surface area contributed by atoms with Crippen molar-refractivity contribution in [3.63, 3.8) is 0 Å². The molecule has 0 atom stereocenters. The summed E-state index contributed by atoms with van der Waals surface area (Å²) in [6, 6.07) is 4.83. The van der Waals surface area contributed by atoms with Gasteiger partial charge in [-0.15, -0.1) is 0 Å². The summed E-state index contributed by atoms with van der Waals surface area (Å²) in [5.41, 5.74) is -0.127. The minimum atomic E-state index is -4.17. The summed E-state index contributed by atoms with van der Waals surface area (Å²) in [6.07, 6.45) is 0. The van der Waals surface area contributed by atoms with Crippen molar-refractivity contribution >= 4 is 34.5 Å². The van der Waals surface area contributed by atoms with Crippen molar-refractivity contribution in [3.05, 3.63) is 34.4 Å². The molecule has 0 amide bonds. The molecule has 0 aliphatic carbocycles. The number of alkyl halides is 1. The summed E-state index contributed by atoms with van der Waals surface area (Å²) in [6.45, 7) is 0. The van der Waals surface area contributed by atoms with Crippen LogP contribution in [0, 0.1) is 10.1 Å². The topological polar surface area (TPSA) is 77.3 Å². The average molecular weight is 297 g/mol. The van der Waals surface area contributed by atoms with E-state index in [2.05, 4.69) is 0 Å². The third kappa shape index (κ3) is 2.99. The Labute approximate surface area is 92.8 Å². The number of hydrogen-bond acceptors (Lipinski definition) is 4. The van der Waals surface area contributed by atoms with Gasteiger partial charge in [-0.05, 0) is 0 Å². The van der Waals surface area contributed by atoms with Gasteiger partial charge in [0.15, 0.2) is 0 Å². The first-order valence-corrected chi connectivity index (χ1v) is 8.00. The first kappa shape index (κ1) is 12.1. The number of halogens is 1. The Morgan fingerprint density at radius 3 is 2.20 bits per heavy atom. The maximum absolute atomic E-state index is 11.5. The Kier molecular flexibility index (Phi) is 3.79. The fourth-order valence-electron chi connectivity index (χ4n) is 0.995. The third-order valence-corrected chi connectivity index (χ3v) is 6.08. The number of nitro benzene ring substituents is 1. The van der Waals surface area contributed by atoms with Crippen LogP contribution in [-0.4, -0.2) is 23.5 Å². The van der Waals surface area contributed by atoms with Crippen LogP contribution >= 0.6 is 11.6 Å². The number of rotatable bonds is 4. The molecule has 7 heteroatoms. The molecular formula is C8H8ClNO4Se. The van der Waals surface area contributed by atoms with E-state index in [1.54, 1.807) is 0 Å². The van der Waals surface area contributed by atoms with Gasteiger partial charge in [-0.2, -0.15) is 0 Å². The van der Waals surface area contributed by atoms with E-state index in [4.69, 9.17) is 11.6 Å². The third-order valence-electron chi connectivity index (χ3n) is 1.75. The van der Waals surface area contributed by atoms with Gasteiger partial charge in [0.1, 0.15) is 0 Å². The van der Waals surface area contributed by atoms with Crippen LogP contribution in [0.2, 0.25) is 5.32 Å². The van der Waals surface area contributed by atoms with E-state index in [1.807, 2.05) is 0 Å². The molecule has 1 rings (SSSR count). The second-order valence-corrected chi connectivity index (χ2v) is 7.56. The minimum absolute atomic E-state index is 0.0317. The van der Waals surface area contributed by atoms with E-state index >= 15 is 0 Å². The Balaban J connectivity index is 3.04. The summed E-state index contributed by atoms with van der Waals surface area (Å²) in [5, 5.41) is 10.2. The number of benzene rings is 1. The summed E-state index contributed by atoms with van der Waals surface area (Å²) in [7, 11) is 0. The molecule has 0 spiro atoms. The van der Waals surface area contributed by atoms with Crippen LogP contribution in [0.1, 0.15) is 0 Å². The van der Waals surface area contributed by atoms with Crippen molar-refractivity contribution in [3.8, 4) is 0 Å². The summed E-state index contributed by atoms with van der Waals surface area (Å²) >= 11 is 1.17. The average Bonchev–Trinajstić information content (AvgIpc) is 2.18. The van der Waals surface area contributed by atoms with Gasteiger partial charge in [-0.1, -0.05) is 0 Å². The fraction of sp³-hybridized carbons (Fsp3) is 0.250. The van der Waals surface area contributed by atoms with E-state index in [0.717, 1.165) is 0 Å². The molecule has 1 aromatic carbocycles. The van der Waals surface area contributed by atoms with Crippen molar-refractivity contribution in [1.82, 2.24) is 0 Å². The van der Waals surface area contributed by atoms with Crippen LogP contribution < -0.4 is 4.46 Å². The predicted octanol–water partition coefficient (Wildman–Crippen LogP) is 1.34. The molecule has 0 radical (unpaired) electrons. The Morgan fingerprint density at radius 1 is 1.27 bits per heavy atom. The van der Waals surface area contributed by atoms with Crippen LogP contribution in [0.15, 0.2) is 24.3 Å². The number of non-ortho nitro benzene ring substituents is 1. The van der Waals surface area contributed by atoms with E-state index in [-0.39, 0.29) is 21.3 Å². The van der Waals surface area contributed by atoms with E-state index in [0.29, 0.717) is 0 Å². The molecule has 0 unspecified atom stereocenters.